The Morgan fingerprint density at radius 3 is 1.33 bits per heavy atom. The molecule has 0 N–H and O–H groups in total. The van der Waals surface area contributed by atoms with Gasteiger partial charge < -0.3 is 0 Å². The Morgan fingerprint density at radius 2 is 0.881 bits per heavy atom. The first-order chi connectivity index (χ1) is 20.8. The maximum atomic E-state index is 4.53. The molecule has 3 aromatic heterocycles. The number of benzene rings is 3. The fourth-order valence-corrected chi connectivity index (χ4v) is 5.50. The number of pyridine rings is 3. The Hall–Kier alpha value is -5.48. The van der Waals surface area contributed by atoms with E-state index in [4.69, 9.17) is 0 Å². The van der Waals surface area contributed by atoms with E-state index >= 15 is 0 Å². The van der Waals surface area contributed by atoms with Crippen LogP contribution in [0.4, 0.5) is 0 Å². The first-order valence-corrected chi connectivity index (χ1v) is 14.1. The summed E-state index contributed by atoms with van der Waals surface area (Å²) in [6.07, 6.45) is 17.3. The van der Waals surface area contributed by atoms with E-state index in [0.717, 1.165) is 56.6 Å². The van der Waals surface area contributed by atoms with E-state index < -0.39 is 0 Å². The molecule has 0 saturated heterocycles. The largest absolute Gasteiger partial charge is 0.292 e. The number of aromatic nitrogens is 3. The second kappa shape index (κ2) is 11.6. The van der Waals surface area contributed by atoms with Crippen molar-refractivity contribution in [3.63, 3.8) is 0 Å². The molecule has 0 bridgehead atoms. The topological polar surface area (TPSA) is 51.0 Å². The number of rotatable bonds is 6. The molecule has 4 heterocycles. The van der Waals surface area contributed by atoms with E-state index in [-0.39, 0.29) is 5.92 Å². The highest BCUT2D eigenvalue weighted by atomic mass is 14.7. The molecule has 4 nitrogen and oxygen atoms in total. The summed E-state index contributed by atoms with van der Waals surface area (Å²) >= 11 is 0. The van der Waals surface area contributed by atoms with Gasteiger partial charge in [0.2, 0.25) is 0 Å². The van der Waals surface area contributed by atoms with Gasteiger partial charge in [-0.1, -0.05) is 54.6 Å². The summed E-state index contributed by atoms with van der Waals surface area (Å²) in [7, 11) is 0. The minimum Gasteiger partial charge on any atom is -0.292 e. The van der Waals surface area contributed by atoms with Gasteiger partial charge in [-0.25, -0.2) is 0 Å². The Morgan fingerprint density at radius 1 is 0.452 bits per heavy atom. The minimum absolute atomic E-state index is 0.242. The lowest BCUT2D eigenvalue weighted by molar-refractivity contribution is 0.846. The van der Waals surface area contributed by atoms with Gasteiger partial charge in [0.15, 0.2) is 0 Å². The van der Waals surface area contributed by atoms with Gasteiger partial charge in [0, 0.05) is 72.5 Å². The Bertz CT molecular complexity index is 1840. The highest BCUT2D eigenvalue weighted by Gasteiger charge is 2.14. The van der Waals surface area contributed by atoms with Crippen LogP contribution in [0.2, 0.25) is 0 Å². The lowest BCUT2D eigenvalue weighted by atomic mass is 9.89. The zero-order valence-corrected chi connectivity index (χ0v) is 23.0. The molecule has 0 amide bonds. The van der Waals surface area contributed by atoms with E-state index in [1.54, 1.807) is 0 Å². The summed E-state index contributed by atoms with van der Waals surface area (Å²) in [5.41, 5.74) is 12.5. The van der Waals surface area contributed by atoms with Gasteiger partial charge >= 0.3 is 0 Å². The molecule has 1 aliphatic rings. The van der Waals surface area contributed by atoms with E-state index in [9.17, 15) is 0 Å². The van der Waals surface area contributed by atoms with Crippen LogP contribution in [0.5, 0.6) is 0 Å². The number of allylic oxidation sites excluding steroid dienone is 1. The first kappa shape index (κ1) is 25.5. The second-order valence-electron chi connectivity index (χ2n) is 10.5. The predicted octanol–water partition coefficient (Wildman–Crippen LogP) is 8.93. The molecule has 1 aliphatic heterocycles. The zero-order chi connectivity index (χ0) is 28.1. The van der Waals surface area contributed by atoms with Crippen LogP contribution in [0.1, 0.15) is 11.5 Å². The monoisotopic (exact) mass is 540 g/mol. The summed E-state index contributed by atoms with van der Waals surface area (Å²) in [6.45, 7) is 0.755. The second-order valence-corrected chi connectivity index (χ2v) is 10.5. The van der Waals surface area contributed by atoms with Crippen molar-refractivity contribution in [2.75, 3.05) is 6.54 Å². The standard InChI is InChI=1S/C38H28N4/c1-6-27(33-17-35(29-8-2-12-39-23-29)21-36(18-33)30-9-3-13-40-24-30)16-28(7-1)34-19-37(31-10-4-14-41-25-31)22-38(20-34)32-11-5-15-42-26-32/h1-25,32H,26H2. The van der Waals surface area contributed by atoms with Crippen LogP contribution in [-0.2, 0) is 0 Å². The van der Waals surface area contributed by atoms with Crippen molar-refractivity contribution in [2.24, 2.45) is 4.99 Å². The molecule has 0 aliphatic carbocycles. The van der Waals surface area contributed by atoms with E-state index in [1.165, 1.54) is 11.1 Å². The van der Waals surface area contributed by atoms with Gasteiger partial charge in [0.25, 0.3) is 0 Å². The predicted molar refractivity (Wildman–Crippen MR) is 172 cm³/mol. The molecule has 6 aromatic rings. The summed E-state index contributed by atoms with van der Waals surface area (Å²) in [5, 5.41) is 0. The molecular formula is C38H28N4. The van der Waals surface area contributed by atoms with Crippen molar-refractivity contribution in [1.29, 1.82) is 0 Å². The van der Waals surface area contributed by atoms with Crippen LogP contribution in [0.25, 0.3) is 55.6 Å². The molecule has 4 heteroatoms. The van der Waals surface area contributed by atoms with Crippen LogP contribution in [-0.4, -0.2) is 27.7 Å². The summed E-state index contributed by atoms with van der Waals surface area (Å²) in [5.74, 6) is 0.242. The normalized spacial score (nSPS) is 14.1. The summed E-state index contributed by atoms with van der Waals surface area (Å²) < 4.78 is 0. The van der Waals surface area contributed by atoms with Crippen LogP contribution in [0, 0.1) is 0 Å². The fraction of sp³-hybridized carbons (Fsp3) is 0.0526. The molecule has 0 saturated carbocycles. The van der Waals surface area contributed by atoms with E-state index in [2.05, 4.69) is 105 Å². The first-order valence-electron chi connectivity index (χ1n) is 14.1. The lowest BCUT2D eigenvalue weighted by Gasteiger charge is -2.17. The third-order valence-corrected chi connectivity index (χ3v) is 7.67. The quantitative estimate of drug-likeness (QED) is 0.212. The Balaban J connectivity index is 1.35. The van der Waals surface area contributed by atoms with E-state index in [0.29, 0.717) is 0 Å². The molecule has 0 spiro atoms. The average Bonchev–Trinajstić information content (AvgIpc) is 3.09. The SMILES string of the molecule is C1=CC(c2cc(-c3cccnc3)cc(-c3cccc(-c4cc(-c5cccnc5)cc(-c5cccnc5)c4)c3)c2)CN=C1. The maximum Gasteiger partial charge on any atom is 0.0492 e. The van der Waals surface area contributed by atoms with Crippen LogP contribution in [0.3, 0.4) is 0 Å². The number of hydrogen-bond acceptors (Lipinski definition) is 4. The van der Waals surface area contributed by atoms with Crippen LogP contribution < -0.4 is 0 Å². The van der Waals surface area contributed by atoms with Gasteiger partial charge in [0.1, 0.15) is 0 Å². The molecule has 42 heavy (non-hydrogen) atoms. The van der Waals surface area contributed by atoms with Crippen molar-refractivity contribution in [3.05, 3.63) is 152 Å². The smallest absolute Gasteiger partial charge is 0.0492 e. The Labute approximate surface area is 245 Å². The fourth-order valence-electron chi connectivity index (χ4n) is 5.50. The highest BCUT2D eigenvalue weighted by Crippen LogP contribution is 2.36. The zero-order valence-electron chi connectivity index (χ0n) is 23.0. The molecular weight excluding hydrogens is 512 g/mol. The molecule has 1 unspecified atom stereocenters. The minimum atomic E-state index is 0.242. The number of nitrogens with zero attached hydrogens (tertiary/aromatic N) is 4. The number of hydrogen-bond donors (Lipinski definition) is 0. The van der Waals surface area contributed by atoms with Crippen molar-refractivity contribution in [1.82, 2.24) is 15.0 Å². The number of dihydropyridines is 1. The van der Waals surface area contributed by atoms with E-state index in [1.807, 2.05) is 67.7 Å². The third kappa shape index (κ3) is 5.43. The van der Waals surface area contributed by atoms with Crippen LogP contribution in [0.15, 0.2) is 151 Å². The maximum absolute atomic E-state index is 4.53. The van der Waals surface area contributed by atoms with Crippen molar-refractivity contribution in [3.8, 4) is 55.6 Å². The molecule has 3 aromatic carbocycles. The third-order valence-electron chi connectivity index (χ3n) is 7.67. The van der Waals surface area contributed by atoms with Gasteiger partial charge in [0.05, 0.1) is 0 Å². The van der Waals surface area contributed by atoms with Crippen molar-refractivity contribution < 1.29 is 0 Å². The van der Waals surface area contributed by atoms with Gasteiger partial charge in [-0.15, -0.1) is 0 Å². The molecule has 0 fully saturated rings. The molecule has 200 valence electrons. The van der Waals surface area contributed by atoms with Gasteiger partial charge in [-0.3, -0.25) is 19.9 Å². The van der Waals surface area contributed by atoms with Crippen molar-refractivity contribution >= 4 is 6.21 Å². The lowest BCUT2D eigenvalue weighted by Crippen LogP contribution is -2.04. The van der Waals surface area contributed by atoms with Gasteiger partial charge in [-0.2, -0.15) is 0 Å². The van der Waals surface area contributed by atoms with Crippen LogP contribution >= 0.6 is 0 Å². The molecule has 7 rings (SSSR count). The average molecular weight is 541 g/mol. The summed E-state index contributed by atoms with van der Waals surface area (Å²) in [4.78, 5) is 17.6. The Kier molecular flexibility index (Phi) is 7.01. The summed E-state index contributed by atoms with van der Waals surface area (Å²) in [6, 6.07) is 34.6. The molecule has 1 atom stereocenters. The number of aliphatic imine (C=N–C) groups is 1. The molecule has 0 radical (unpaired) electrons. The highest BCUT2D eigenvalue weighted by molar-refractivity contribution is 5.83. The van der Waals surface area contributed by atoms with Crippen molar-refractivity contribution in [2.45, 2.75) is 5.92 Å². The van der Waals surface area contributed by atoms with Gasteiger partial charge in [-0.05, 0) is 99.1 Å².